The number of nitrogens with one attached hydrogen (secondary N) is 1. The molecular formula is C16H20N2. The Kier molecular flexibility index (Phi) is 3.04. The van der Waals surface area contributed by atoms with Crippen molar-refractivity contribution >= 4 is 10.9 Å². The van der Waals surface area contributed by atoms with Gasteiger partial charge in [0, 0.05) is 17.6 Å². The minimum atomic E-state index is 0.590. The van der Waals surface area contributed by atoms with Gasteiger partial charge in [-0.05, 0) is 48.6 Å². The van der Waals surface area contributed by atoms with Crippen molar-refractivity contribution in [2.45, 2.75) is 32.2 Å². The third-order valence-corrected chi connectivity index (χ3v) is 3.77. The molecule has 2 atom stereocenters. The van der Waals surface area contributed by atoms with Crippen LogP contribution in [0.3, 0.4) is 0 Å². The third-order valence-electron chi connectivity index (χ3n) is 3.77. The lowest BCUT2D eigenvalue weighted by atomic mass is 10.1. The average Bonchev–Trinajstić information content (AvgIpc) is 3.15. The van der Waals surface area contributed by atoms with E-state index >= 15 is 0 Å². The fourth-order valence-electron chi connectivity index (χ4n) is 2.59. The van der Waals surface area contributed by atoms with Gasteiger partial charge in [-0.1, -0.05) is 26.0 Å². The summed E-state index contributed by atoms with van der Waals surface area (Å²) in [6.07, 6.45) is 3.18. The lowest BCUT2D eigenvalue weighted by Gasteiger charge is -2.07. The van der Waals surface area contributed by atoms with Gasteiger partial charge in [0.25, 0.3) is 0 Å². The number of benzene rings is 1. The molecule has 2 unspecified atom stereocenters. The Bertz CT molecular complexity index is 548. The van der Waals surface area contributed by atoms with Gasteiger partial charge in [-0.3, -0.25) is 4.98 Å². The molecule has 1 heterocycles. The lowest BCUT2D eigenvalue weighted by Crippen LogP contribution is -2.25. The summed E-state index contributed by atoms with van der Waals surface area (Å²) in [6.45, 7) is 5.56. The number of fused-ring (bicyclic) bond motifs is 1. The molecule has 1 N–H and O–H groups in total. The molecule has 3 rings (SSSR count). The number of aromatic nitrogens is 1. The van der Waals surface area contributed by atoms with Crippen LogP contribution >= 0.6 is 0 Å². The van der Waals surface area contributed by atoms with Crippen molar-refractivity contribution in [2.75, 3.05) is 6.54 Å². The van der Waals surface area contributed by atoms with Crippen LogP contribution in [0.1, 0.15) is 31.7 Å². The Morgan fingerprint density at radius 2 is 2.22 bits per heavy atom. The molecule has 0 saturated heterocycles. The van der Waals surface area contributed by atoms with E-state index in [-0.39, 0.29) is 0 Å². The first-order chi connectivity index (χ1) is 8.74. The fraction of sp³-hybridized carbons (Fsp3) is 0.438. The molecule has 94 valence electrons. The van der Waals surface area contributed by atoms with Crippen LogP contribution in [-0.4, -0.2) is 17.6 Å². The van der Waals surface area contributed by atoms with Gasteiger partial charge in [-0.2, -0.15) is 0 Å². The summed E-state index contributed by atoms with van der Waals surface area (Å²) < 4.78 is 0. The van der Waals surface area contributed by atoms with Gasteiger partial charge in [0.2, 0.25) is 0 Å². The molecule has 1 saturated carbocycles. The number of hydrogen-bond donors (Lipinski definition) is 1. The Morgan fingerprint density at radius 1 is 1.33 bits per heavy atom. The maximum Gasteiger partial charge on any atom is 0.0702 e. The zero-order chi connectivity index (χ0) is 12.5. The van der Waals surface area contributed by atoms with Crippen LogP contribution in [0.4, 0.5) is 0 Å². The predicted molar refractivity (Wildman–Crippen MR) is 75.7 cm³/mol. The van der Waals surface area contributed by atoms with E-state index in [1.54, 1.807) is 0 Å². The first-order valence-electron chi connectivity index (χ1n) is 6.82. The highest BCUT2D eigenvalue weighted by molar-refractivity contribution is 5.79. The van der Waals surface area contributed by atoms with E-state index in [2.05, 4.69) is 48.4 Å². The summed E-state index contributed by atoms with van der Waals surface area (Å²) in [5.41, 5.74) is 2.57. The van der Waals surface area contributed by atoms with Crippen LogP contribution in [0.2, 0.25) is 0 Å². The van der Waals surface area contributed by atoms with Crippen LogP contribution in [0, 0.1) is 5.92 Å². The minimum Gasteiger partial charge on any atom is -0.314 e. The van der Waals surface area contributed by atoms with E-state index in [1.165, 1.54) is 17.4 Å². The van der Waals surface area contributed by atoms with Crippen molar-refractivity contribution in [1.82, 2.24) is 10.3 Å². The molecule has 2 heteroatoms. The Hall–Kier alpha value is -1.41. The lowest BCUT2D eigenvalue weighted by molar-refractivity contribution is 0.555. The molecule has 18 heavy (non-hydrogen) atoms. The van der Waals surface area contributed by atoms with E-state index in [9.17, 15) is 0 Å². The number of hydrogen-bond acceptors (Lipinski definition) is 2. The number of nitrogens with zero attached hydrogens (tertiary/aromatic N) is 1. The predicted octanol–water partition coefficient (Wildman–Crippen LogP) is 3.34. The number of rotatable bonds is 4. The standard InChI is InChI=1S/C16H20N2/c1-11(2)18-10-14-9-15(14)12-5-6-16-13(8-12)4-3-7-17-16/h3-8,11,14-15,18H,9-10H2,1-2H3. The molecule has 1 aromatic heterocycles. The van der Waals surface area contributed by atoms with Gasteiger partial charge < -0.3 is 5.32 Å². The second-order valence-electron chi connectivity index (χ2n) is 5.62. The van der Waals surface area contributed by atoms with Gasteiger partial charge in [-0.25, -0.2) is 0 Å². The normalized spacial score (nSPS) is 22.6. The smallest absolute Gasteiger partial charge is 0.0702 e. The first kappa shape index (κ1) is 11.7. The minimum absolute atomic E-state index is 0.590. The van der Waals surface area contributed by atoms with E-state index < -0.39 is 0 Å². The van der Waals surface area contributed by atoms with Crippen molar-refractivity contribution in [1.29, 1.82) is 0 Å². The SMILES string of the molecule is CC(C)NCC1CC1c1ccc2ncccc2c1. The quantitative estimate of drug-likeness (QED) is 0.886. The van der Waals surface area contributed by atoms with Crippen molar-refractivity contribution in [3.8, 4) is 0 Å². The Morgan fingerprint density at radius 3 is 3.06 bits per heavy atom. The molecule has 1 aliphatic carbocycles. The van der Waals surface area contributed by atoms with Gasteiger partial charge in [0.15, 0.2) is 0 Å². The molecular weight excluding hydrogens is 220 g/mol. The van der Waals surface area contributed by atoms with Crippen LogP contribution in [0.5, 0.6) is 0 Å². The molecule has 0 radical (unpaired) electrons. The van der Waals surface area contributed by atoms with Crippen LogP contribution in [-0.2, 0) is 0 Å². The maximum absolute atomic E-state index is 4.37. The molecule has 0 aliphatic heterocycles. The van der Waals surface area contributed by atoms with Gasteiger partial charge >= 0.3 is 0 Å². The van der Waals surface area contributed by atoms with E-state index in [0.29, 0.717) is 6.04 Å². The second-order valence-corrected chi connectivity index (χ2v) is 5.62. The van der Waals surface area contributed by atoms with Crippen LogP contribution in [0.15, 0.2) is 36.5 Å². The highest BCUT2D eigenvalue weighted by atomic mass is 14.9. The second kappa shape index (κ2) is 4.69. The van der Waals surface area contributed by atoms with Crippen LogP contribution < -0.4 is 5.32 Å². The topological polar surface area (TPSA) is 24.9 Å². The Balaban J connectivity index is 1.72. The summed E-state index contributed by atoms with van der Waals surface area (Å²) in [6, 6.07) is 11.5. The highest BCUT2D eigenvalue weighted by Gasteiger charge is 2.37. The molecule has 0 amide bonds. The average molecular weight is 240 g/mol. The van der Waals surface area contributed by atoms with Crippen molar-refractivity contribution in [2.24, 2.45) is 5.92 Å². The number of pyridine rings is 1. The van der Waals surface area contributed by atoms with Gasteiger partial charge in [-0.15, -0.1) is 0 Å². The maximum atomic E-state index is 4.37. The molecule has 2 aromatic rings. The van der Waals surface area contributed by atoms with E-state index in [0.717, 1.165) is 23.9 Å². The van der Waals surface area contributed by atoms with Gasteiger partial charge in [0.1, 0.15) is 0 Å². The van der Waals surface area contributed by atoms with Crippen molar-refractivity contribution < 1.29 is 0 Å². The summed E-state index contributed by atoms with van der Waals surface area (Å²) in [4.78, 5) is 4.37. The zero-order valence-electron chi connectivity index (χ0n) is 11.1. The van der Waals surface area contributed by atoms with Crippen molar-refractivity contribution in [3.63, 3.8) is 0 Å². The first-order valence-corrected chi connectivity index (χ1v) is 6.82. The Labute approximate surface area is 108 Å². The molecule has 0 bridgehead atoms. The largest absolute Gasteiger partial charge is 0.314 e. The van der Waals surface area contributed by atoms with E-state index in [4.69, 9.17) is 0 Å². The molecule has 0 spiro atoms. The fourth-order valence-corrected chi connectivity index (χ4v) is 2.59. The monoisotopic (exact) mass is 240 g/mol. The zero-order valence-corrected chi connectivity index (χ0v) is 11.1. The molecule has 2 nitrogen and oxygen atoms in total. The summed E-state index contributed by atoms with van der Waals surface area (Å²) in [7, 11) is 0. The van der Waals surface area contributed by atoms with Crippen LogP contribution in [0.25, 0.3) is 10.9 Å². The van der Waals surface area contributed by atoms with Gasteiger partial charge in [0.05, 0.1) is 5.52 Å². The molecule has 1 fully saturated rings. The summed E-state index contributed by atoms with van der Waals surface area (Å²) in [5, 5.41) is 4.79. The molecule has 1 aliphatic rings. The molecule has 1 aromatic carbocycles. The van der Waals surface area contributed by atoms with E-state index in [1.807, 2.05) is 12.3 Å². The van der Waals surface area contributed by atoms with Crippen molar-refractivity contribution in [3.05, 3.63) is 42.1 Å². The highest BCUT2D eigenvalue weighted by Crippen LogP contribution is 2.47. The summed E-state index contributed by atoms with van der Waals surface area (Å²) >= 11 is 0. The summed E-state index contributed by atoms with van der Waals surface area (Å²) in [5.74, 6) is 1.57. The third kappa shape index (κ3) is 2.39.